The average Bonchev–Trinajstić information content (AvgIpc) is 2.54. The summed E-state index contributed by atoms with van der Waals surface area (Å²) in [6.07, 6.45) is 13.1. The minimum absolute atomic E-state index is 0.257. The van der Waals surface area contributed by atoms with E-state index in [1.54, 1.807) is 7.11 Å². The first kappa shape index (κ1) is 19.2. The summed E-state index contributed by atoms with van der Waals surface area (Å²) in [4.78, 5) is 12.3. The van der Waals surface area contributed by atoms with Crippen molar-refractivity contribution in [1.82, 2.24) is 0 Å². The van der Waals surface area contributed by atoms with E-state index < -0.39 is 11.9 Å². The van der Waals surface area contributed by atoms with Crippen molar-refractivity contribution in [1.29, 1.82) is 0 Å². The van der Waals surface area contributed by atoms with E-state index in [1.165, 1.54) is 32.1 Å². The summed E-state index contributed by atoms with van der Waals surface area (Å²) in [5.74, 6) is -0.257. The summed E-state index contributed by atoms with van der Waals surface area (Å²) >= 11 is 0. The van der Waals surface area contributed by atoms with Crippen LogP contribution in [0.5, 0.6) is 0 Å². The van der Waals surface area contributed by atoms with Gasteiger partial charge in [-0.1, -0.05) is 51.5 Å². The van der Waals surface area contributed by atoms with Crippen molar-refractivity contribution in [2.24, 2.45) is 0 Å². The fourth-order valence-corrected chi connectivity index (χ4v) is 2.83. The molecule has 0 aromatic rings. The molecule has 22 heavy (non-hydrogen) atoms. The topological polar surface area (TPSA) is 44.8 Å². The van der Waals surface area contributed by atoms with Gasteiger partial charge in [0.05, 0.1) is 6.61 Å². The van der Waals surface area contributed by atoms with Gasteiger partial charge in [0.25, 0.3) is 0 Å². The van der Waals surface area contributed by atoms with Crippen LogP contribution in [0, 0.1) is 0 Å². The van der Waals surface area contributed by atoms with Crippen molar-refractivity contribution in [3.63, 3.8) is 0 Å². The lowest BCUT2D eigenvalue weighted by Gasteiger charge is -2.35. The van der Waals surface area contributed by atoms with Gasteiger partial charge in [-0.25, -0.2) is 4.79 Å². The Kier molecular flexibility index (Phi) is 9.41. The Balaban J connectivity index is 2.46. The lowest BCUT2D eigenvalue weighted by molar-refractivity contribution is -0.210. The minimum atomic E-state index is -0.866. The van der Waals surface area contributed by atoms with Crippen LogP contribution >= 0.6 is 0 Å². The molecule has 1 heterocycles. The molecule has 0 saturated carbocycles. The first-order valence-corrected chi connectivity index (χ1v) is 8.73. The Hall–Kier alpha value is -0.870. The van der Waals surface area contributed by atoms with E-state index in [1.807, 2.05) is 19.1 Å². The van der Waals surface area contributed by atoms with Gasteiger partial charge < -0.3 is 14.2 Å². The zero-order chi connectivity index (χ0) is 16.3. The van der Waals surface area contributed by atoms with Gasteiger partial charge in [-0.15, -0.1) is 0 Å². The van der Waals surface area contributed by atoms with Crippen molar-refractivity contribution in [2.75, 3.05) is 13.7 Å². The van der Waals surface area contributed by atoms with Crippen LogP contribution in [0.1, 0.15) is 71.6 Å². The van der Waals surface area contributed by atoms with E-state index in [9.17, 15) is 4.79 Å². The molecule has 0 saturated heterocycles. The lowest BCUT2D eigenvalue weighted by atomic mass is 9.90. The number of esters is 1. The molecule has 2 atom stereocenters. The maximum absolute atomic E-state index is 12.3. The second-order valence-electron chi connectivity index (χ2n) is 5.94. The average molecular weight is 312 g/mol. The van der Waals surface area contributed by atoms with Crippen LogP contribution in [-0.2, 0) is 19.0 Å². The van der Waals surface area contributed by atoms with Crippen LogP contribution in [0.2, 0.25) is 0 Å². The number of hydrogen-bond donors (Lipinski definition) is 0. The SMILES string of the molecule is CCCCCCCCC[C@@]1(C(=O)OCC)CC=CC(OC)O1. The summed E-state index contributed by atoms with van der Waals surface area (Å²) < 4.78 is 16.4. The standard InChI is InChI=1S/C18H32O4/c1-4-6-7-8-9-10-11-14-18(17(19)21-5-2)15-12-13-16(20-3)22-18/h12-13,16H,4-11,14-15H2,1-3H3/t16?,18-/m0/s1. The Bertz CT molecular complexity index is 340. The highest BCUT2D eigenvalue weighted by molar-refractivity contribution is 5.80. The smallest absolute Gasteiger partial charge is 0.338 e. The molecule has 0 spiro atoms. The van der Waals surface area contributed by atoms with E-state index in [2.05, 4.69) is 6.92 Å². The van der Waals surface area contributed by atoms with E-state index >= 15 is 0 Å². The van der Waals surface area contributed by atoms with Gasteiger partial charge >= 0.3 is 5.97 Å². The maximum Gasteiger partial charge on any atom is 0.338 e. The van der Waals surface area contributed by atoms with Crippen molar-refractivity contribution in [3.05, 3.63) is 12.2 Å². The van der Waals surface area contributed by atoms with Crippen LogP contribution < -0.4 is 0 Å². The minimum Gasteiger partial charge on any atom is -0.464 e. The molecule has 0 aromatic carbocycles. The monoisotopic (exact) mass is 312 g/mol. The zero-order valence-electron chi connectivity index (χ0n) is 14.4. The predicted molar refractivity (Wildman–Crippen MR) is 87.6 cm³/mol. The highest BCUT2D eigenvalue weighted by atomic mass is 16.7. The number of carbonyl (C=O) groups excluding carboxylic acids is 1. The molecule has 0 N–H and O–H groups in total. The van der Waals surface area contributed by atoms with E-state index in [-0.39, 0.29) is 5.97 Å². The molecule has 1 aliphatic heterocycles. The van der Waals surface area contributed by atoms with Crippen LogP contribution in [0.4, 0.5) is 0 Å². The van der Waals surface area contributed by atoms with Crippen molar-refractivity contribution < 1.29 is 19.0 Å². The lowest BCUT2D eigenvalue weighted by Crippen LogP contribution is -2.47. The number of ether oxygens (including phenoxy) is 3. The second kappa shape index (κ2) is 10.8. The Morgan fingerprint density at radius 2 is 1.86 bits per heavy atom. The highest BCUT2D eigenvalue weighted by Crippen LogP contribution is 2.31. The largest absolute Gasteiger partial charge is 0.464 e. The van der Waals surface area contributed by atoms with Crippen molar-refractivity contribution in [2.45, 2.75) is 83.5 Å². The Labute approximate surface area is 135 Å². The Morgan fingerprint density at radius 1 is 1.18 bits per heavy atom. The molecule has 128 valence electrons. The predicted octanol–water partition coefficient (Wildman–Crippen LogP) is 4.38. The van der Waals surface area contributed by atoms with Crippen molar-refractivity contribution >= 4 is 5.97 Å². The van der Waals surface area contributed by atoms with Crippen molar-refractivity contribution in [3.8, 4) is 0 Å². The number of carbonyl (C=O) groups is 1. The zero-order valence-corrected chi connectivity index (χ0v) is 14.4. The van der Waals surface area contributed by atoms with E-state index in [0.29, 0.717) is 19.4 Å². The van der Waals surface area contributed by atoms with Crippen LogP contribution in [0.25, 0.3) is 0 Å². The third-order valence-electron chi connectivity index (χ3n) is 4.15. The van der Waals surface area contributed by atoms with Crippen LogP contribution in [0.3, 0.4) is 0 Å². The molecular weight excluding hydrogens is 280 g/mol. The Morgan fingerprint density at radius 3 is 2.50 bits per heavy atom. The number of unbranched alkanes of at least 4 members (excludes halogenated alkanes) is 6. The van der Waals surface area contributed by atoms with Gasteiger partial charge in [0.2, 0.25) is 0 Å². The van der Waals surface area contributed by atoms with Gasteiger partial charge in [-0.3, -0.25) is 0 Å². The van der Waals surface area contributed by atoms with Gasteiger partial charge in [0, 0.05) is 13.5 Å². The quantitative estimate of drug-likeness (QED) is 0.323. The third-order valence-corrected chi connectivity index (χ3v) is 4.15. The molecule has 0 aliphatic carbocycles. The molecule has 1 unspecified atom stereocenters. The highest BCUT2D eigenvalue weighted by Gasteiger charge is 2.43. The van der Waals surface area contributed by atoms with Gasteiger partial charge in [0.15, 0.2) is 11.9 Å². The summed E-state index contributed by atoms with van der Waals surface area (Å²) in [7, 11) is 1.59. The first-order chi connectivity index (χ1) is 10.7. The summed E-state index contributed by atoms with van der Waals surface area (Å²) in [5, 5.41) is 0. The number of methoxy groups -OCH3 is 1. The summed E-state index contributed by atoms with van der Waals surface area (Å²) in [5.41, 5.74) is -0.866. The molecule has 0 aromatic heterocycles. The molecule has 1 rings (SSSR count). The van der Waals surface area contributed by atoms with E-state index in [0.717, 1.165) is 12.8 Å². The van der Waals surface area contributed by atoms with Gasteiger partial charge in [-0.05, 0) is 25.8 Å². The molecule has 0 fully saturated rings. The summed E-state index contributed by atoms with van der Waals surface area (Å²) in [6, 6.07) is 0. The van der Waals surface area contributed by atoms with E-state index in [4.69, 9.17) is 14.2 Å². The molecule has 0 bridgehead atoms. The first-order valence-electron chi connectivity index (χ1n) is 8.73. The molecule has 4 heteroatoms. The fourth-order valence-electron chi connectivity index (χ4n) is 2.83. The normalized spacial score (nSPS) is 24.4. The molecular formula is C18H32O4. The fraction of sp³-hybridized carbons (Fsp3) is 0.833. The third kappa shape index (κ3) is 6.09. The number of rotatable bonds is 11. The molecule has 0 amide bonds. The van der Waals surface area contributed by atoms with Crippen LogP contribution in [-0.4, -0.2) is 31.6 Å². The number of hydrogen-bond acceptors (Lipinski definition) is 4. The maximum atomic E-state index is 12.3. The second-order valence-corrected chi connectivity index (χ2v) is 5.94. The summed E-state index contributed by atoms with van der Waals surface area (Å²) in [6.45, 7) is 4.43. The molecule has 0 radical (unpaired) electrons. The van der Waals surface area contributed by atoms with Crippen LogP contribution in [0.15, 0.2) is 12.2 Å². The molecule has 1 aliphatic rings. The van der Waals surface area contributed by atoms with Gasteiger partial charge in [-0.2, -0.15) is 0 Å². The van der Waals surface area contributed by atoms with Gasteiger partial charge in [0.1, 0.15) is 0 Å². The molecule has 4 nitrogen and oxygen atoms in total.